The lowest BCUT2D eigenvalue weighted by atomic mass is 10.0. The highest BCUT2D eigenvalue weighted by Gasteiger charge is 1.97. The summed E-state index contributed by atoms with van der Waals surface area (Å²) in [6.07, 6.45) is 4.45. The molecule has 23 heavy (non-hydrogen) atoms. The Kier molecular flexibility index (Phi) is 11.7. The molecule has 2 rings (SSSR count). The molecule has 0 heteroatoms. The quantitative estimate of drug-likeness (QED) is 0.515. The van der Waals surface area contributed by atoms with Crippen molar-refractivity contribution in [2.75, 3.05) is 0 Å². The van der Waals surface area contributed by atoms with Gasteiger partial charge in [0.2, 0.25) is 0 Å². The number of hydrogen-bond acceptors (Lipinski definition) is 0. The molecule has 2 aromatic rings. The second-order valence-electron chi connectivity index (χ2n) is 4.97. The molecule has 0 bridgehead atoms. The van der Waals surface area contributed by atoms with Crippen LogP contribution in [0.15, 0.2) is 48.5 Å². The van der Waals surface area contributed by atoms with Gasteiger partial charge in [0.05, 0.1) is 0 Å². The van der Waals surface area contributed by atoms with Crippen molar-refractivity contribution in [3.05, 3.63) is 70.8 Å². The molecule has 0 aliphatic carbocycles. The predicted octanol–water partition coefficient (Wildman–Crippen LogP) is 7.42. The van der Waals surface area contributed by atoms with Gasteiger partial charge in [-0.05, 0) is 47.6 Å². The summed E-state index contributed by atoms with van der Waals surface area (Å²) in [7, 11) is 0. The summed E-state index contributed by atoms with van der Waals surface area (Å²) in [5.41, 5.74) is 6.67. The van der Waals surface area contributed by atoms with Crippen LogP contribution in [0.1, 0.15) is 70.7 Å². The van der Waals surface area contributed by atoms with E-state index in [1.165, 1.54) is 27.8 Å². The molecular weight excluding hydrogens is 276 g/mol. The predicted molar refractivity (Wildman–Crippen MR) is 108 cm³/mol. The van der Waals surface area contributed by atoms with E-state index in [0.29, 0.717) is 0 Å². The van der Waals surface area contributed by atoms with Gasteiger partial charge < -0.3 is 0 Å². The Labute approximate surface area is 144 Å². The molecule has 0 spiro atoms. The standard InChI is InChI=1S/C19H22.2C2H6/c1-4-16-6-8-18(9-7-16)14-15(3)19-12-10-17(5-2)11-13-19;2*1-2/h6-14H,4-5H2,1-3H3;2*1-2H3/b15-14+;;. The molecule has 0 aromatic heterocycles. The van der Waals surface area contributed by atoms with Crippen LogP contribution in [-0.4, -0.2) is 0 Å². The van der Waals surface area contributed by atoms with E-state index >= 15 is 0 Å². The van der Waals surface area contributed by atoms with Gasteiger partial charge in [-0.15, -0.1) is 0 Å². The van der Waals surface area contributed by atoms with Crippen molar-refractivity contribution in [3.8, 4) is 0 Å². The van der Waals surface area contributed by atoms with E-state index in [2.05, 4.69) is 75.4 Å². The van der Waals surface area contributed by atoms with Gasteiger partial charge in [-0.3, -0.25) is 0 Å². The Bertz CT molecular complexity index is 542. The number of rotatable bonds is 4. The van der Waals surface area contributed by atoms with Gasteiger partial charge in [-0.1, -0.05) is 96.1 Å². The molecule has 0 radical (unpaired) electrons. The SMILES string of the molecule is CC.CC.CCc1ccc(/C=C(\C)c2ccc(CC)cc2)cc1. The molecule has 0 fully saturated rings. The lowest BCUT2D eigenvalue weighted by Crippen LogP contribution is -1.84. The summed E-state index contributed by atoms with van der Waals surface area (Å²) >= 11 is 0. The normalized spacial score (nSPS) is 10.1. The molecule has 126 valence electrons. The van der Waals surface area contributed by atoms with Gasteiger partial charge in [-0.25, -0.2) is 0 Å². The number of benzene rings is 2. The Morgan fingerprint density at radius 2 is 1.09 bits per heavy atom. The van der Waals surface area contributed by atoms with Crippen LogP contribution in [0.3, 0.4) is 0 Å². The Balaban J connectivity index is 0.00000112. The summed E-state index contributed by atoms with van der Waals surface area (Å²) < 4.78 is 0. The summed E-state index contributed by atoms with van der Waals surface area (Å²) in [4.78, 5) is 0. The molecule has 0 unspecified atom stereocenters. The van der Waals surface area contributed by atoms with Crippen molar-refractivity contribution in [1.29, 1.82) is 0 Å². The number of allylic oxidation sites excluding steroid dienone is 1. The van der Waals surface area contributed by atoms with E-state index in [9.17, 15) is 0 Å². The fourth-order valence-corrected chi connectivity index (χ4v) is 2.19. The molecule has 0 nitrogen and oxygen atoms in total. The highest BCUT2D eigenvalue weighted by atomic mass is 14.0. The summed E-state index contributed by atoms with van der Waals surface area (Å²) in [5, 5.41) is 0. The Morgan fingerprint density at radius 3 is 1.48 bits per heavy atom. The van der Waals surface area contributed by atoms with E-state index in [1.807, 2.05) is 27.7 Å². The van der Waals surface area contributed by atoms with Crippen LogP contribution in [0.2, 0.25) is 0 Å². The van der Waals surface area contributed by atoms with Crippen molar-refractivity contribution < 1.29 is 0 Å². The molecule has 0 saturated heterocycles. The van der Waals surface area contributed by atoms with Crippen LogP contribution in [0.4, 0.5) is 0 Å². The first-order valence-corrected chi connectivity index (χ1v) is 9.09. The lowest BCUT2D eigenvalue weighted by Gasteiger charge is -2.04. The third-order valence-electron chi connectivity index (χ3n) is 3.59. The monoisotopic (exact) mass is 310 g/mol. The van der Waals surface area contributed by atoms with Gasteiger partial charge in [-0.2, -0.15) is 0 Å². The van der Waals surface area contributed by atoms with E-state index in [-0.39, 0.29) is 0 Å². The lowest BCUT2D eigenvalue weighted by molar-refractivity contribution is 1.14. The second-order valence-corrected chi connectivity index (χ2v) is 4.97. The van der Waals surface area contributed by atoms with Crippen LogP contribution in [0.5, 0.6) is 0 Å². The largest absolute Gasteiger partial charge is 0.0683 e. The first-order valence-electron chi connectivity index (χ1n) is 9.09. The molecule has 0 saturated carbocycles. The fraction of sp³-hybridized carbons (Fsp3) is 0.391. The van der Waals surface area contributed by atoms with Crippen molar-refractivity contribution in [2.24, 2.45) is 0 Å². The Morgan fingerprint density at radius 1 is 0.696 bits per heavy atom. The average molecular weight is 311 g/mol. The summed E-state index contributed by atoms with van der Waals surface area (Å²) in [6.45, 7) is 14.5. The smallest absolute Gasteiger partial charge is 0.0227 e. The highest BCUT2D eigenvalue weighted by molar-refractivity contribution is 5.80. The zero-order chi connectivity index (χ0) is 17.7. The van der Waals surface area contributed by atoms with Crippen molar-refractivity contribution >= 4 is 11.6 Å². The van der Waals surface area contributed by atoms with E-state index < -0.39 is 0 Å². The van der Waals surface area contributed by atoms with Crippen molar-refractivity contribution in [3.63, 3.8) is 0 Å². The van der Waals surface area contributed by atoms with Gasteiger partial charge in [0.25, 0.3) is 0 Å². The zero-order valence-electron chi connectivity index (χ0n) is 16.1. The highest BCUT2D eigenvalue weighted by Crippen LogP contribution is 2.19. The van der Waals surface area contributed by atoms with E-state index in [0.717, 1.165) is 12.8 Å². The van der Waals surface area contributed by atoms with Gasteiger partial charge in [0.1, 0.15) is 0 Å². The van der Waals surface area contributed by atoms with E-state index in [4.69, 9.17) is 0 Å². The van der Waals surface area contributed by atoms with Crippen LogP contribution in [-0.2, 0) is 12.8 Å². The molecule has 0 aliphatic heterocycles. The first kappa shape index (κ1) is 21.2. The first-order chi connectivity index (χ1) is 11.2. The molecule has 2 aromatic carbocycles. The number of hydrogen-bond donors (Lipinski definition) is 0. The molecule has 0 atom stereocenters. The van der Waals surface area contributed by atoms with Crippen LogP contribution < -0.4 is 0 Å². The van der Waals surface area contributed by atoms with E-state index in [1.54, 1.807) is 0 Å². The van der Waals surface area contributed by atoms with Crippen LogP contribution in [0, 0.1) is 0 Å². The van der Waals surface area contributed by atoms with Crippen molar-refractivity contribution in [1.82, 2.24) is 0 Å². The van der Waals surface area contributed by atoms with Crippen molar-refractivity contribution in [2.45, 2.75) is 61.3 Å². The van der Waals surface area contributed by atoms with Gasteiger partial charge >= 0.3 is 0 Å². The van der Waals surface area contributed by atoms with Gasteiger partial charge in [0.15, 0.2) is 0 Å². The fourth-order valence-electron chi connectivity index (χ4n) is 2.19. The minimum atomic E-state index is 1.10. The topological polar surface area (TPSA) is 0 Å². The van der Waals surface area contributed by atoms with Crippen LogP contribution in [0.25, 0.3) is 11.6 Å². The molecule has 0 amide bonds. The zero-order valence-corrected chi connectivity index (χ0v) is 16.1. The average Bonchev–Trinajstić information content (AvgIpc) is 2.65. The Hall–Kier alpha value is -1.82. The third kappa shape index (κ3) is 7.32. The maximum absolute atomic E-state index is 2.25. The van der Waals surface area contributed by atoms with Crippen LogP contribution >= 0.6 is 0 Å². The summed E-state index contributed by atoms with van der Waals surface area (Å²) in [6, 6.07) is 17.7. The second kappa shape index (κ2) is 12.7. The maximum atomic E-state index is 2.25. The third-order valence-corrected chi connectivity index (χ3v) is 3.59. The minimum absolute atomic E-state index is 1.10. The van der Waals surface area contributed by atoms with Gasteiger partial charge in [0, 0.05) is 0 Å². The molecule has 0 aliphatic rings. The molecule has 0 N–H and O–H groups in total. The number of aryl methyl sites for hydroxylation is 2. The maximum Gasteiger partial charge on any atom is -0.0227 e. The molecule has 0 heterocycles. The molecular formula is C23H34. The summed E-state index contributed by atoms with van der Waals surface area (Å²) in [5.74, 6) is 0. The minimum Gasteiger partial charge on any atom is -0.0683 e.